The van der Waals surface area contributed by atoms with Gasteiger partial charge in [-0.1, -0.05) is 12.1 Å². The van der Waals surface area contributed by atoms with E-state index in [1.54, 1.807) is 17.1 Å². The smallest absolute Gasteiger partial charge is 0.269 e. The molecule has 1 aromatic heterocycles. The summed E-state index contributed by atoms with van der Waals surface area (Å²) >= 11 is 0. The van der Waals surface area contributed by atoms with E-state index < -0.39 is 0 Å². The number of amides is 1. The summed E-state index contributed by atoms with van der Waals surface area (Å²) in [5, 5.41) is 7.17. The number of likely N-dealkylation sites (tertiary alicyclic amines) is 1. The Balaban J connectivity index is 1.35. The molecule has 24 heavy (non-hydrogen) atoms. The van der Waals surface area contributed by atoms with Crippen LogP contribution in [0.25, 0.3) is 0 Å². The van der Waals surface area contributed by atoms with Crippen molar-refractivity contribution in [2.24, 2.45) is 18.1 Å². The zero-order valence-corrected chi connectivity index (χ0v) is 14.6. The fourth-order valence-corrected chi connectivity index (χ4v) is 3.36. The molecule has 1 N–H and O–H groups in total. The van der Waals surface area contributed by atoms with Crippen LogP contribution in [0.5, 0.6) is 0 Å². The van der Waals surface area contributed by atoms with Gasteiger partial charge < -0.3 is 14.7 Å². The number of aromatic nitrogens is 2. The molecule has 0 saturated carbocycles. The molecule has 0 aromatic carbocycles. The molecule has 3 rings (SSSR count). The number of hydrogen-bond donors (Lipinski definition) is 1. The van der Waals surface area contributed by atoms with Crippen LogP contribution in [0.15, 0.2) is 17.7 Å². The van der Waals surface area contributed by atoms with Crippen LogP contribution < -0.4 is 5.32 Å². The monoisotopic (exact) mass is 333 g/mol. The summed E-state index contributed by atoms with van der Waals surface area (Å²) in [6.07, 6.45) is 7.64. The van der Waals surface area contributed by atoms with E-state index in [0.29, 0.717) is 11.6 Å². The molecule has 7 heteroatoms. The van der Waals surface area contributed by atoms with Crippen molar-refractivity contribution in [3.05, 3.63) is 18.2 Å². The molecule has 1 saturated heterocycles. The largest absolute Gasteiger partial charge is 0.391 e. The third kappa shape index (κ3) is 4.14. The number of aryl methyl sites for hydroxylation is 1. The van der Waals surface area contributed by atoms with E-state index in [4.69, 9.17) is 4.84 Å². The van der Waals surface area contributed by atoms with E-state index >= 15 is 0 Å². The summed E-state index contributed by atoms with van der Waals surface area (Å²) in [7, 11) is 1.83. The van der Waals surface area contributed by atoms with Crippen LogP contribution in [0.2, 0.25) is 0 Å². The van der Waals surface area contributed by atoms with Crippen LogP contribution in [0.4, 0.5) is 0 Å². The maximum absolute atomic E-state index is 12.1. The first kappa shape index (κ1) is 17.0. The second kappa shape index (κ2) is 7.79. The van der Waals surface area contributed by atoms with Crippen molar-refractivity contribution >= 4 is 11.6 Å². The Morgan fingerprint density at radius 3 is 2.83 bits per heavy atom. The van der Waals surface area contributed by atoms with Gasteiger partial charge in [0.25, 0.3) is 5.91 Å². The quantitative estimate of drug-likeness (QED) is 0.854. The lowest BCUT2D eigenvalue weighted by molar-refractivity contribution is 0.0419. The highest BCUT2D eigenvalue weighted by molar-refractivity contribution is 5.92. The van der Waals surface area contributed by atoms with Crippen LogP contribution in [0.3, 0.4) is 0 Å². The van der Waals surface area contributed by atoms with E-state index in [9.17, 15) is 4.79 Å². The normalized spacial score (nSPS) is 22.2. The minimum absolute atomic E-state index is 0.0407. The topological polar surface area (TPSA) is 71.8 Å². The van der Waals surface area contributed by atoms with E-state index in [1.165, 1.54) is 5.71 Å². The molecule has 0 bridgehead atoms. The van der Waals surface area contributed by atoms with Crippen molar-refractivity contribution in [1.82, 2.24) is 19.8 Å². The van der Waals surface area contributed by atoms with E-state index in [0.717, 1.165) is 51.9 Å². The Hall–Kier alpha value is -1.89. The molecule has 1 unspecified atom stereocenters. The SMILES string of the molecule is CCC1=NOC(CN2CCC(CNC(=O)c3cncn3C)CC2)C1. The molecular formula is C17H27N5O2. The van der Waals surface area contributed by atoms with Crippen LogP contribution in [-0.2, 0) is 11.9 Å². The third-order valence-electron chi connectivity index (χ3n) is 4.97. The summed E-state index contributed by atoms with van der Waals surface area (Å²) < 4.78 is 1.74. The number of carbonyl (C=O) groups excluding carboxylic acids is 1. The maximum atomic E-state index is 12.1. The van der Waals surface area contributed by atoms with Crippen molar-refractivity contribution in [1.29, 1.82) is 0 Å². The van der Waals surface area contributed by atoms with Crippen molar-refractivity contribution < 1.29 is 9.63 Å². The van der Waals surface area contributed by atoms with Gasteiger partial charge in [-0.25, -0.2) is 4.98 Å². The summed E-state index contributed by atoms with van der Waals surface area (Å²) in [6, 6.07) is 0. The van der Waals surface area contributed by atoms with Crippen LogP contribution in [0.1, 0.15) is 43.1 Å². The Bertz CT molecular complexity index is 590. The van der Waals surface area contributed by atoms with Crippen LogP contribution in [-0.4, -0.2) is 58.4 Å². The third-order valence-corrected chi connectivity index (χ3v) is 4.97. The number of imidazole rings is 1. The van der Waals surface area contributed by atoms with Gasteiger partial charge in [-0.3, -0.25) is 9.69 Å². The minimum atomic E-state index is -0.0407. The van der Waals surface area contributed by atoms with E-state index in [-0.39, 0.29) is 12.0 Å². The number of nitrogens with zero attached hydrogens (tertiary/aromatic N) is 4. The summed E-state index contributed by atoms with van der Waals surface area (Å²) in [5.41, 5.74) is 1.78. The van der Waals surface area contributed by atoms with Gasteiger partial charge in [-0.2, -0.15) is 0 Å². The number of piperidine rings is 1. The van der Waals surface area contributed by atoms with Gasteiger partial charge in [0.15, 0.2) is 0 Å². The lowest BCUT2D eigenvalue weighted by Gasteiger charge is -2.32. The number of oxime groups is 1. The van der Waals surface area contributed by atoms with Gasteiger partial charge in [-0.05, 0) is 38.3 Å². The Kier molecular flexibility index (Phi) is 5.50. The van der Waals surface area contributed by atoms with Crippen molar-refractivity contribution in [3.63, 3.8) is 0 Å². The number of carbonyl (C=O) groups is 1. The Morgan fingerprint density at radius 1 is 1.42 bits per heavy atom. The van der Waals surface area contributed by atoms with E-state index in [1.807, 2.05) is 7.05 Å². The van der Waals surface area contributed by atoms with Gasteiger partial charge in [0, 0.05) is 26.6 Å². The molecule has 0 aliphatic carbocycles. The molecular weight excluding hydrogens is 306 g/mol. The molecule has 7 nitrogen and oxygen atoms in total. The molecule has 1 aromatic rings. The first-order valence-corrected chi connectivity index (χ1v) is 8.84. The summed E-state index contributed by atoms with van der Waals surface area (Å²) in [4.78, 5) is 24.0. The predicted molar refractivity (Wildman–Crippen MR) is 91.9 cm³/mol. The predicted octanol–water partition coefficient (Wildman–Crippen LogP) is 1.42. The molecule has 0 radical (unpaired) electrons. The number of nitrogens with one attached hydrogen (secondary N) is 1. The number of rotatable bonds is 6. The first-order valence-electron chi connectivity index (χ1n) is 8.84. The first-order chi connectivity index (χ1) is 11.7. The molecule has 132 valence electrons. The second-order valence-corrected chi connectivity index (χ2v) is 6.79. The lowest BCUT2D eigenvalue weighted by atomic mass is 9.96. The van der Waals surface area contributed by atoms with Crippen molar-refractivity contribution in [3.8, 4) is 0 Å². The average molecular weight is 333 g/mol. The minimum Gasteiger partial charge on any atom is -0.391 e. The summed E-state index contributed by atoms with van der Waals surface area (Å²) in [5.74, 6) is 0.506. The lowest BCUT2D eigenvalue weighted by Crippen LogP contribution is -2.41. The fraction of sp³-hybridized carbons (Fsp3) is 0.706. The van der Waals surface area contributed by atoms with Crippen LogP contribution in [0, 0.1) is 5.92 Å². The average Bonchev–Trinajstić information content (AvgIpc) is 3.22. The van der Waals surface area contributed by atoms with Gasteiger partial charge in [-0.15, -0.1) is 0 Å². The molecule has 1 atom stereocenters. The number of hydrogen-bond acceptors (Lipinski definition) is 5. The van der Waals surface area contributed by atoms with Gasteiger partial charge in [0.1, 0.15) is 11.8 Å². The highest BCUT2D eigenvalue weighted by Gasteiger charge is 2.26. The highest BCUT2D eigenvalue weighted by atomic mass is 16.6. The fourth-order valence-electron chi connectivity index (χ4n) is 3.36. The van der Waals surface area contributed by atoms with Crippen LogP contribution >= 0.6 is 0 Å². The Labute approximate surface area is 143 Å². The van der Waals surface area contributed by atoms with Crippen molar-refractivity contribution in [2.45, 2.75) is 38.7 Å². The molecule has 2 aliphatic rings. The maximum Gasteiger partial charge on any atom is 0.269 e. The standard InChI is InChI=1S/C17H27N5O2/c1-3-14-8-15(24-20-14)11-22-6-4-13(5-7-22)9-19-17(23)16-10-18-12-21(16)2/h10,12-13,15H,3-9,11H2,1-2H3,(H,19,23). The van der Waals surface area contributed by atoms with Crippen molar-refractivity contribution in [2.75, 3.05) is 26.2 Å². The molecule has 1 amide bonds. The molecule has 1 fully saturated rings. The van der Waals surface area contributed by atoms with Gasteiger partial charge in [0.2, 0.25) is 0 Å². The molecule has 3 heterocycles. The summed E-state index contributed by atoms with van der Waals surface area (Å²) in [6.45, 7) is 5.94. The molecule has 0 spiro atoms. The van der Waals surface area contributed by atoms with Gasteiger partial charge >= 0.3 is 0 Å². The second-order valence-electron chi connectivity index (χ2n) is 6.79. The van der Waals surface area contributed by atoms with E-state index in [2.05, 4.69) is 27.3 Å². The zero-order chi connectivity index (χ0) is 16.9. The van der Waals surface area contributed by atoms with Gasteiger partial charge in [0.05, 0.1) is 18.2 Å². The zero-order valence-electron chi connectivity index (χ0n) is 14.6. The Morgan fingerprint density at radius 2 is 2.21 bits per heavy atom. The molecule has 2 aliphatic heterocycles. The highest BCUT2D eigenvalue weighted by Crippen LogP contribution is 2.20.